The van der Waals surface area contributed by atoms with Gasteiger partial charge in [-0.05, 0) is 24.3 Å². The highest BCUT2D eigenvalue weighted by molar-refractivity contribution is 14.0. The van der Waals surface area contributed by atoms with E-state index < -0.39 is 11.7 Å². The van der Waals surface area contributed by atoms with E-state index in [-0.39, 0.29) is 24.0 Å². The van der Waals surface area contributed by atoms with E-state index in [1.807, 2.05) is 21.8 Å². The summed E-state index contributed by atoms with van der Waals surface area (Å²) >= 11 is 0. The summed E-state index contributed by atoms with van der Waals surface area (Å²) < 4.78 is 40.6. The fraction of sp³-hybridized carbons (Fsp3) is 0.444. The Morgan fingerprint density at radius 3 is 2.54 bits per heavy atom. The zero-order valence-corrected chi connectivity index (χ0v) is 17.9. The highest BCUT2D eigenvalue weighted by Gasteiger charge is 2.31. The Balaban J connectivity index is 0.00000280. The minimum absolute atomic E-state index is 0. The van der Waals surface area contributed by atoms with Crippen molar-refractivity contribution in [1.82, 2.24) is 20.0 Å². The molecule has 28 heavy (non-hydrogen) atoms. The molecule has 1 aromatic carbocycles. The van der Waals surface area contributed by atoms with Gasteiger partial charge in [-0.2, -0.15) is 18.3 Å². The van der Waals surface area contributed by atoms with Crippen LogP contribution in [0.15, 0.2) is 47.7 Å². The van der Waals surface area contributed by atoms with Gasteiger partial charge < -0.3 is 15.1 Å². The minimum atomic E-state index is -4.32. The van der Waals surface area contributed by atoms with E-state index in [1.54, 1.807) is 19.3 Å². The monoisotopic (exact) mass is 508 g/mol. The van der Waals surface area contributed by atoms with Crippen molar-refractivity contribution < 1.29 is 13.2 Å². The molecule has 1 saturated heterocycles. The van der Waals surface area contributed by atoms with Gasteiger partial charge in [0.05, 0.1) is 12.1 Å². The number of nitrogens with zero attached hydrogens (tertiary/aromatic N) is 5. The number of halogens is 4. The van der Waals surface area contributed by atoms with Gasteiger partial charge in [0.25, 0.3) is 0 Å². The molecule has 10 heteroatoms. The second kappa shape index (κ2) is 9.99. The zero-order chi connectivity index (χ0) is 19.3. The van der Waals surface area contributed by atoms with Crippen molar-refractivity contribution in [2.75, 3.05) is 44.7 Å². The first-order valence-corrected chi connectivity index (χ1v) is 8.82. The maximum atomic E-state index is 12.9. The van der Waals surface area contributed by atoms with E-state index in [0.29, 0.717) is 38.4 Å². The molecule has 0 aliphatic carbocycles. The number of benzene rings is 1. The number of piperazine rings is 1. The number of nitrogens with one attached hydrogen (secondary N) is 1. The number of guanidine groups is 1. The van der Waals surface area contributed by atoms with Gasteiger partial charge in [0.2, 0.25) is 0 Å². The van der Waals surface area contributed by atoms with Crippen molar-refractivity contribution in [3.05, 3.63) is 48.3 Å². The number of anilines is 1. The molecular formula is C18H24F3IN6. The van der Waals surface area contributed by atoms with Crippen LogP contribution < -0.4 is 10.2 Å². The predicted molar refractivity (Wildman–Crippen MR) is 114 cm³/mol. The first-order chi connectivity index (χ1) is 13.0. The second-order valence-corrected chi connectivity index (χ2v) is 6.27. The molecule has 0 atom stereocenters. The number of hydrogen-bond acceptors (Lipinski definition) is 3. The second-order valence-electron chi connectivity index (χ2n) is 6.27. The van der Waals surface area contributed by atoms with Crippen molar-refractivity contribution in [2.45, 2.75) is 12.7 Å². The minimum Gasteiger partial charge on any atom is -0.368 e. The van der Waals surface area contributed by atoms with Crippen LogP contribution in [0.3, 0.4) is 0 Å². The fourth-order valence-corrected chi connectivity index (χ4v) is 3.10. The van der Waals surface area contributed by atoms with E-state index in [4.69, 9.17) is 0 Å². The Labute approximate surface area is 179 Å². The topological polar surface area (TPSA) is 48.7 Å². The van der Waals surface area contributed by atoms with Crippen LogP contribution in [0.4, 0.5) is 18.9 Å². The van der Waals surface area contributed by atoms with Gasteiger partial charge >= 0.3 is 6.18 Å². The molecular weight excluding hydrogens is 484 g/mol. The third-order valence-corrected chi connectivity index (χ3v) is 4.51. The molecule has 0 radical (unpaired) electrons. The van der Waals surface area contributed by atoms with Gasteiger partial charge in [0, 0.05) is 57.9 Å². The number of hydrogen-bond donors (Lipinski definition) is 1. The summed E-state index contributed by atoms with van der Waals surface area (Å²) in [6, 6.07) is 7.38. The standard InChI is InChI=1S/C18H23F3N6.HI/c1-22-17(23-7-9-27-8-3-6-24-27)26-12-10-25(11-13-26)16-5-2-4-15(14-16)18(19,20)21;/h2-6,8,14H,7,9-13H2,1H3,(H,22,23);1H. The van der Waals surface area contributed by atoms with Gasteiger partial charge in [0.15, 0.2) is 5.96 Å². The third kappa shape index (κ3) is 5.76. The van der Waals surface area contributed by atoms with E-state index in [2.05, 4.69) is 20.3 Å². The van der Waals surface area contributed by atoms with Crippen LogP contribution in [-0.4, -0.2) is 60.4 Å². The third-order valence-electron chi connectivity index (χ3n) is 4.51. The summed E-state index contributed by atoms with van der Waals surface area (Å²) in [5, 5.41) is 7.46. The summed E-state index contributed by atoms with van der Waals surface area (Å²) in [5.41, 5.74) is -0.00960. The number of aromatic nitrogens is 2. The Morgan fingerprint density at radius 2 is 1.93 bits per heavy atom. The van der Waals surface area contributed by atoms with Gasteiger partial charge in [-0.3, -0.25) is 9.67 Å². The molecule has 2 aromatic rings. The normalized spacial score (nSPS) is 15.4. The summed E-state index contributed by atoms with van der Waals surface area (Å²) in [6.07, 6.45) is -0.682. The Hall–Kier alpha value is -1.98. The molecule has 3 rings (SSSR count). The predicted octanol–water partition coefficient (Wildman–Crippen LogP) is 2.92. The molecule has 0 spiro atoms. The highest BCUT2D eigenvalue weighted by Crippen LogP contribution is 2.31. The Kier molecular flexibility index (Phi) is 7.96. The van der Waals surface area contributed by atoms with Crippen molar-refractivity contribution in [2.24, 2.45) is 4.99 Å². The quantitative estimate of drug-likeness (QED) is 0.392. The molecule has 6 nitrogen and oxygen atoms in total. The van der Waals surface area contributed by atoms with Crippen LogP contribution in [0.25, 0.3) is 0 Å². The maximum Gasteiger partial charge on any atom is 0.416 e. The first-order valence-electron chi connectivity index (χ1n) is 8.82. The van der Waals surface area contributed by atoms with E-state index in [9.17, 15) is 13.2 Å². The van der Waals surface area contributed by atoms with E-state index >= 15 is 0 Å². The summed E-state index contributed by atoms with van der Waals surface area (Å²) in [7, 11) is 1.73. The van der Waals surface area contributed by atoms with Crippen LogP contribution in [0.1, 0.15) is 5.56 Å². The molecule has 0 saturated carbocycles. The Bertz CT molecular complexity index is 755. The summed E-state index contributed by atoms with van der Waals surface area (Å²) in [6.45, 7) is 4.09. The Morgan fingerprint density at radius 1 is 1.18 bits per heavy atom. The van der Waals surface area contributed by atoms with Crippen LogP contribution >= 0.6 is 24.0 Å². The van der Waals surface area contributed by atoms with Crippen LogP contribution in [0.2, 0.25) is 0 Å². The van der Waals surface area contributed by atoms with Crippen molar-refractivity contribution in [3.8, 4) is 0 Å². The zero-order valence-electron chi connectivity index (χ0n) is 15.6. The number of aliphatic imine (C=N–C) groups is 1. The maximum absolute atomic E-state index is 12.9. The lowest BCUT2D eigenvalue weighted by molar-refractivity contribution is -0.137. The lowest BCUT2D eigenvalue weighted by Gasteiger charge is -2.37. The highest BCUT2D eigenvalue weighted by atomic mass is 127. The van der Waals surface area contributed by atoms with E-state index in [1.165, 1.54) is 12.1 Å². The van der Waals surface area contributed by atoms with Gasteiger partial charge in [-0.1, -0.05) is 6.07 Å². The van der Waals surface area contributed by atoms with Crippen LogP contribution in [-0.2, 0) is 12.7 Å². The lowest BCUT2D eigenvalue weighted by Crippen LogP contribution is -2.53. The smallest absolute Gasteiger partial charge is 0.368 e. The van der Waals surface area contributed by atoms with Crippen LogP contribution in [0.5, 0.6) is 0 Å². The number of alkyl halides is 3. The lowest BCUT2D eigenvalue weighted by atomic mass is 10.1. The van der Waals surface area contributed by atoms with Crippen molar-refractivity contribution in [1.29, 1.82) is 0 Å². The molecule has 0 amide bonds. The largest absolute Gasteiger partial charge is 0.416 e. The molecule has 1 fully saturated rings. The van der Waals surface area contributed by atoms with Gasteiger partial charge in [0.1, 0.15) is 0 Å². The average Bonchev–Trinajstić information content (AvgIpc) is 3.18. The molecule has 1 aliphatic rings. The van der Waals surface area contributed by atoms with Gasteiger partial charge in [-0.15, -0.1) is 24.0 Å². The summed E-state index contributed by atoms with van der Waals surface area (Å²) in [5.74, 6) is 0.797. The van der Waals surface area contributed by atoms with Crippen molar-refractivity contribution in [3.63, 3.8) is 0 Å². The molecule has 2 heterocycles. The molecule has 1 N–H and O–H groups in total. The average molecular weight is 508 g/mol. The number of rotatable bonds is 4. The van der Waals surface area contributed by atoms with Gasteiger partial charge in [-0.25, -0.2) is 0 Å². The van der Waals surface area contributed by atoms with Crippen molar-refractivity contribution >= 4 is 35.6 Å². The van der Waals surface area contributed by atoms with Crippen LogP contribution in [0, 0.1) is 0 Å². The first kappa shape index (κ1) is 22.3. The molecule has 0 unspecified atom stereocenters. The molecule has 1 aromatic heterocycles. The SMILES string of the molecule is CN=C(NCCn1cccn1)N1CCN(c2cccc(C(F)(F)F)c2)CC1.I. The van der Waals surface area contributed by atoms with E-state index in [0.717, 1.165) is 18.6 Å². The summed E-state index contributed by atoms with van der Waals surface area (Å²) in [4.78, 5) is 8.40. The molecule has 1 aliphatic heterocycles. The fourth-order valence-electron chi connectivity index (χ4n) is 3.10. The molecule has 154 valence electrons. The molecule has 0 bridgehead atoms.